The number of nitrogens with zero attached hydrogens (tertiary/aromatic N) is 2. The maximum absolute atomic E-state index is 12.5. The number of carbonyl (C=O) groups is 3. The number of rotatable bonds is 2. The van der Waals surface area contributed by atoms with Gasteiger partial charge in [0.2, 0.25) is 0 Å². The number of anilines is 1. The minimum Gasteiger partial charge on any atom is -0.268 e. The zero-order valence-corrected chi connectivity index (χ0v) is 12.0. The van der Waals surface area contributed by atoms with Crippen LogP contribution in [-0.2, 0) is 0 Å². The zero-order chi connectivity index (χ0) is 15.7. The minimum absolute atomic E-state index is 0.120. The Bertz CT molecular complexity index is 834. The van der Waals surface area contributed by atoms with Crippen LogP contribution in [0.3, 0.4) is 0 Å². The van der Waals surface area contributed by atoms with E-state index in [0.717, 1.165) is 4.90 Å². The second-order valence-electron chi connectivity index (χ2n) is 4.52. The van der Waals surface area contributed by atoms with Crippen LogP contribution in [0.5, 0.6) is 0 Å². The highest BCUT2D eigenvalue weighted by Crippen LogP contribution is 2.30. The van der Waals surface area contributed by atoms with Gasteiger partial charge in [0.05, 0.1) is 27.5 Å². The molecular weight excluding hydrogens is 300 g/mol. The molecule has 106 valence electrons. The van der Waals surface area contributed by atoms with E-state index in [1.165, 1.54) is 12.1 Å². The molecular formula is C16H8N2O3S. The standard InChI is InChI=1S/C16H8N2O3S/c19-14(17-9-22)12-7-3-4-8-13(12)18-15(20)10-5-1-2-6-11(10)16(18)21/h1-8H. The summed E-state index contributed by atoms with van der Waals surface area (Å²) in [6.45, 7) is 0. The summed E-state index contributed by atoms with van der Waals surface area (Å²) in [5.41, 5.74) is 0.934. The number of fused-ring (bicyclic) bond motifs is 1. The van der Waals surface area contributed by atoms with Gasteiger partial charge >= 0.3 is 0 Å². The fourth-order valence-electron chi connectivity index (χ4n) is 2.36. The van der Waals surface area contributed by atoms with Gasteiger partial charge in [-0.2, -0.15) is 4.99 Å². The van der Waals surface area contributed by atoms with E-state index in [1.54, 1.807) is 36.4 Å². The molecule has 0 atom stereocenters. The van der Waals surface area contributed by atoms with E-state index < -0.39 is 17.7 Å². The van der Waals surface area contributed by atoms with Crippen LogP contribution in [0, 0.1) is 0 Å². The van der Waals surface area contributed by atoms with E-state index in [4.69, 9.17) is 0 Å². The van der Waals surface area contributed by atoms with Crippen molar-refractivity contribution in [2.24, 2.45) is 4.99 Å². The van der Waals surface area contributed by atoms with Crippen LogP contribution in [0.15, 0.2) is 53.5 Å². The van der Waals surface area contributed by atoms with E-state index in [2.05, 4.69) is 17.2 Å². The first-order chi connectivity index (χ1) is 10.6. The molecule has 0 saturated carbocycles. The van der Waals surface area contributed by atoms with Crippen molar-refractivity contribution in [2.75, 3.05) is 4.90 Å². The number of hydrogen-bond donors (Lipinski definition) is 0. The van der Waals surface area contributed by atoms with E-state index in [-0.39, 0.29) is 11.3 Å². The normalized spacial score (nSPS) is 12.8. The first kappa shape index (κ1) is 14.0. The van der Waals surface area contributed by atoms with Crippen LogP contribution >= 0.6 is 12.2 Å². The summed E-state index contributed by atoms with van der Waals surface area (Å²) in [5, 5.41) is 1.99. The Balaban J connectivity index is 2.15. The lowest BCUT2D eigenvalue weighted by Gasteiger charge is -2.16. The van der Waals surface area contributed by atoms with Crippen molar-refractivity contribution in [3.05, 3.63) is 65.2 Å². The highest BCUT2D eigenvalue weighted by molar-refractivity contribution is 7.78. The van der Waals surface area contributed by atoms with Gasteiger partial charge in [-0.15, -0.1) is 0 Å². The molecule has 3 rings (SSSR count). The monoisotopic (exact) mass is 308 g/mol. The van der Waals surface area contributed by atoms with Gasteiger partial charge in [-0.05, 0) is 36.5 Å². The number of thiocarbonyl (C=S) groups is 1. The van der Waals surface area contributed by atoms with E-state index in [9.17, 15) is 14.4 Å². The summed E-state index contributed by atoms with van der Waals surface area (Å²) in [6, 6.07) is 12.8. The summed E-state index contributed by atoms with van der Waals surface area (Å²) in [7, 11) is 0. The van der Waals surface area contributed by atoms with Gasteiger partial charge in [-0.25, -0.2) is 4.90 Å². The lowest BCUT2D eigenvalue weighted by molar-refractivity contribution is 0.0926. The Morgan fingerprint density at radius 2 is 1.50 bits per heavy atom. The highest BCUT2D eigenvalue weighted by atomic mass is 32.1. The Morgan fingerprint density at radius 1 is 0.955 bits per heavy atom. The largest absolute Gasteiger partial charge is 0.287 e. The van der Waals surface area contributed by atoms with Gasteiger partial charge in [-0.3, -0.25) is 14.4 Å². The van der Waals surface area contributed by atoms with Gasteiger partial charge in [0.15, 0.2) is 0 Å². The van der Waals surface area contributed by atoms with Gasteiger partial charge in [0.25, 0.3) is 17.7 Å². The molecule has 1 heterocycles. The average Bonchev–Trinajstić information content (AvgIpc) is 2.79. The SMILES string of the molecule is O=C(N=C=S)c1ccccc1N1C(=O)c2ccccc2C1=O. The molecule has 2 aromatic rings. The summed E-state index contributed by atoms with van der Waals surface area (Å²) < 4.78 is 0. The fourth-order valence-corrected chi connectivity index (χ4v) is 2.44. The molecule has 3 amide bonds. The molecule has 6 heteroatoms. The number of para-hydroxylation sites is 1. The molecule has 0 bridgehead atoms. The molecule has 0 fully saturated rings. The molecule has 1 aliphatic rings. The third-order valence-corrected chi connectivity index (χ3v) is 3.41. The van der Waals surface area contributed by atoms with Crippen LogP contribution in [0.1, 0.15) is 31.1 Å². The number of hydrogen-bond acceptors (Lipinski definition) is 4. The average molecular weight is 308 g/mol. The highest BCUT2D eigenvalue weighted by Gasteiger charge is 2.37. The first-order valence-electron chi connectivity index (χ1n) is 6.34. The van der Waals surface area contributed by atoms with Gasteiger partial charge < -0.3 is 0 Å². The molecule has 0 aliphatic carbocycles. The summed E-state index contributed by atoms with van der Waals surface area (Å²) in [4.78, 5) is 41.3. The maximum atomic E-state index is 12.5. The predicted octanol–water partition coefficient (Wildman–Crippen LogP) is 2.73. The number of amides is 3. The molecule has 1 aliphatic heterocycles. The number of carbonyl (C=O) groups excluding carboxylic acids is 3. The van der Waals surface area contributed by atoms with Crippen LogP contribution in [-0.4, -0.2) is 22.9 Å². The van der Waals surface area contributed by atoms with Crippen LogP contribution < -0.4 is 4.90 Å². The van der Waals surface area contributed by atoms with Crippen LogP contribution in [0.25, 0.3) is 0 Å². The smallest absolute Gasteiger partial charge is 0.268 e. The number of isothiocyanates is 1. The quantitative estimate of drug-likeness (QED) is 0.486. The third kappa shape index (κ3) is 2.07. The molecule has 2 aromatic carbocycles. The van der Waals surface area contributed by atoms with E-state index in [0.29, 0.717) is 11.1 Å². The predicted molar refractivity (Wildman–Crippen MR) is 83.4 cm³/mol. The summed E-state index contributed by atoms with van der Waals surface area (Å²) in [6.07, 6.45) is 0. The van der Waals surface area contributed by atoms with Gasteiger partial charge in [-0.1, -0.05) is 24.3 Å². The Labute approximate surface area is 130 Å². The number of aliphatic imine (C=N–C) groups is 1. The van der Waals surface area contributed by atoms with Gasteiger partial charge in [0.1, 0.15) is 0 Å². The molecule has 5 nitrogen and oxygen atoms in total. The van der Waals surface area contributed by atoms with Crippen LogP contribution in [0.4, 0.5) is 5.69 Å². The first-order valence-corrected chi connectivity index (χ1v) is 6.75. The van der Waals surface area contributed by atoms with Crippen molar-refractivity contribution in [1.82, 2.24) is 0 Å². The van der Waals surface area contributed by atoms with E-state index >= 15 is 0 Å². The van der Waals surface area contributed by atoms with Crippen molar-refractivity contribution >= 4 is 40.8 Å². The summed E-state index contributed by atoms with van der Waals surface area (Å²) >= 11 is 4.42. The minimum atomic E-state index is -0.651. The second kappa shape index (κ2) is 5.44. The maximum Gasteiger partial charge on any atom is 0.287 e. The second-order valence-corrected chi connectivity index (χ2v) is 4.70. The molecule has 0 saturated heterocycles. The third-order valence-electron chi connectivity index (χ3n) is 3.32. The molecule has 0 spiro atoms. The number of benzene rings is 2. The van der Waals surface area contributed by atoms with Gasteiger partial charge in [0, 0.05) is 0 Å². The molecule has 0 N–H and O–H groups in total. The molecule has 0 radical (unpaired) electrons. The van der Waals surface area contributed by atoms with E-state index in [1.807, 2.05) is 5.16 Å². The molecule has 0 unspecified atom stereocenters. The van der Waals surface area contributed by atoms with Crippen molar-refractivity contribution in [1.29, 1.82) is 0 Å². The van der Waals surface area contributed by atoms with Crippen molar-refractivity contribution < 1.29 is 14.4 Å². The molecule has 0 aromatic heterocycles. The Morgan fingerprint density at radius 3 is 2.09 bits per heavy atom. The zero-order valence-electron chi connectivity index (χ0n) is 11.1. The molecule has 22 heavy (non-hydrogen) atoms. The Hall–Kier alpha value is -2.95. The Kier molecular flexibility index (Phi) is 3.47. The fraction of sp³-hybridized carbons (Fsp3) is 0. The summed E-state index contributed by atoms with van der Waals surface area (Å²) in [5.74, 6) is -1.58. The van der Waals surface area contributed by atoms with Crippen molar-refractivity contribution in [3.8, 4) is 0 Å². The number of imide groups is 1. The lowest BCUT2D eigenvalue weighted by atomic mass is 10.1. The van der Waals surface area contributed by atoms with Crippen LogP contribution in [0.2, 0.25) is 0 Å². The lowest BCUT2D eigenvalue weighted by Crippen LogP contribution is -2.30. The van der Waals surface area contributed by atoms with Crippen molar-refractivity contribution in [3.63, 3.8) is 0 Å². The topological polar surface area (TPSA) is 66.8 Å². The van der Waals surface area contributed by atoms with Crippen molar-refractivity contribution in [2.45, 2.75) is 0 Å².